The Bertz CT molecular complexity index is 438. The van der Waals surface area contributed by atoms with Crippen molar-refractivity contribution in [2.45, 2.75) is 40.5 Å². The van der Waals surface area contributed by atoms with Gasteiger partial charge in [0, 0.05) is 6.54 Å². The van der Waals surface area contributed by atoms with E-state index in [0.717, 1.165) is 12.0 Å². The molecule has 0 fully saturated rings. The van der Waals surface area contributed by atoms with Gasteiger partial charge in [-0.05, 0) is 48.9 Å². The highest BCUT2D eigenvalue weighted by atomic mass is 16.1. The van der Waals surface area contributed by atoms with Gasteiger partial charge in [-0.1, -0.05) is 32.0 Å². The molecule has 0 spiro atoms. The van der Waals surface area contributed by atoms with Crippen LogP contribution < -0.4 is 11.1 Å². The maximum Gasteiger partial charge on any atom is 0.224 e. The van der Waals surface area contributed by atoms with E-state index in [9.17, 15) is 4.79 Å². The van der Waals surface area contributed by atoms with E-state index < -0.39 is 0 Å². The highest BCUT2D eigenvalue weighted by molar-refractivity contribution is 5.78. The van der Waals surface area contributed by atoms with Gasteiger partial charge in [0.2, 0.25) is 5.91 Å². The molecule has 3 nitrogen and oxygen atoms in total. The van der Waals surface area contributed by atoms with Crippen LogP contribution in [-0.4, -0.2) is 19.0 Å². The second-order valence-electron chi connectivity index (χ2n) is 6.08. The number of carbonyl (C=O) groups is 1. The van der Waals surface area contributed by atoms with Gasteiger partial charge in [0.25, 0.3) is 0 Å². The minimum Gasteiger partial charge on any atom is -0.355 e. The van der Waals surface area contributed by atoms with Crippen LogP contribution in [0.15, 0.2) is 18.2 Å². The summed E-state index contributed by atoms with van der Waals surface area (Å²) in [4.78, 5) is 11.9. The van der Waals surface area contributed by atoms with Crippen molar-refractivity contribution >= 4 is 5.91 Å². The number of amides is 1. The largest absolute Gasteiger partial charge is 0.355 e. The predicted molar refractivity (Wildman–Crippen MR) is 80.1 cm³/mol. The Morgan fingerprint density at radius 3 is 2.53 bits per heavy atom. The number of hydrogen-bond acceptors (Lipinski definition) is 2. The van der Waals surface area contributed by atoms with E-state index in [2.05, 4.69) is 45.1 Å². The fourth-order valence-electron chi connectivity index (χ4n) is 1.98. The summed E-state index contributed by atoms with van der Waals surface area (Å²) < 4.78 is 0. The van der Waals surface area contributed by atoms with Gasteiger partial charge in [-0.2, -0.15) is 0 Å². The summed E-state index contributed by atoms with van der Waals surface area (Å²) in [7, 11) is 0. The lowest BCUT2D eigenvalue weighted by Crippen LogP contribution is -2.36. The molecule has 0 aromatic heterocycles. The Balaban J connectivity index is 2.49. The van der Waals surface area contributed by atoms with E-state index in [-0.39, 0.29) is 11.3 Å². The second kappa shape index (κ2) is 6.71. The van der Waals surface area contributed by atoms with E-state index in [1.54, 1.807) is 0 Å². The van der Waals surface area contributed by atoms with Crippen LogP contribution in [0.3, 0.4) is 0 Å². The molecule has 1 amide bonds. The van der Waals surface area contributed by atoms with Crippen LogP contribution in [0.2, 0.25) is 0 Å². The lowest BCUT2D eigenvalue weighted by Gasteiger charge is -2.24. The maximum absolute atomic E-state index is 11.9. The van der Waals surface area contributed by atoms with Gasteiger partial charge < -0.3 is 11.1 Å². The van der Waals surface area contributed by atoms with Gasteiger partial charge in [0.15, 0.2) is 0 Å². The van der Waals surface area contributed by atoms with Crippen molar-refractivity contribution in [3.05, 3.63) is 34.9 Å². The summed E-state index contributed by atoms with van der Waals surface area (Å²) in [6.45, 7) is 9.72. The first kappa shape index (κ1) is 15.7. The van der Waals surface area contributed by atoms with Gasteiger partial charge in [0.1, 0.15) is 0 Å². The first-order chi connectivity index (χ1) is 8.84. The van der Waals surface area contributed by atoms with E-state index in [1.165, 1.54) is 11.1 Å². The SMILES string of the molecule is Cc1ccc(CC(=O)NCC(C)(C)CCN)cc1C. The van der Waals surface area contributed by atoms with Crippen LogP contribution in [-0.2, 0) is 11.2 Å². The van der Waals surface area contributed by atoms with Crippen molar-refractivity contribution in [3.8, 4) is 0 Å². The first-order valence-corrected chi connectivity index (χ1v) is 6.87. The molecule has 1 aromatic carbocycles. The molecule has 0 unspecified atom stereocenters. The number of hydrogen-bond donors (Lipinski definition) is 2. The van der Waals surface area contributed by atoms with Gasteiger partial charge >= 0.3 is 0 Å². The standard InChI is InChI=1S/C16H26N2O/c1-12-5-6-14(9-13(12)2)10-15(19)18-11-16(3,4)7-8-17/h5-6,9H,7-8,10-11,17H2,1-4H3,(H,18,19). The molecule has 0 heterocycles. The van der Waals surface area contributed by atoms with Crippen molar-refractivity contribution in [3.63, 3.8) is 0 Å². The summed E-state index contributed by atoms with van der Waals surface area (Å²) >= 11 is 0. The molecule has 3 N–H and O–H groups in total. The van der Waals surface area contributed by atoms with E-state index in [0.29, 0.717) is 19.5 Å². The summed E-state index contributed by atoms with van der Waals surface area (Å²) in [5.74, 6) is 0.0772. The lowest BCUT2D eigenvalue weighted by atomic mass is 9.89. The minimum absolute atomic E-state index is 0.0631. The minimum atomic E-state index is 0.0631. The van der Waals surface area contributed by atoms with Crippen LogP contribution in [0.1, 0.15) is 37.0 Å². The number of aryl methyl sites for hydroxylation is 2. The Kier molecular flexibility index (Phi) is 5.55. The third-order valence-electron chi connectivity index (χ3n) is 3.52. The monoisotopic (exact) mass is 262 g/mol. The topological polar surface area (TPSA) is 55.1 Å². The maximum atomic E-state index is 11.9. The zero-order valence-electron chi connectivity index (χ0n) is 12.5. The molecular formula is C16H26N2O. The summed E-state index contributed by atoms with van der Waals surface area (Å²) in [5, 5.41) is 3.00. The average Bonchev–Trinajstić information content (AvgIpc) is 2.32. The molecule has 0 aliphatic carbocycles. The lowest BCUT2D eigenvalue weighted by molar-refractivity contribution is -0.120. The third kappa shape index (κ3) is 5.43. The van der Waals surface area contributed by atoms with E-state index in [1.807, 2.05) is 6.07 Å². The molecular weight excluding hydrogens is 236 g/mol. The van der Waals surface area contributed by atoms with Crippen molar-refractivity contribution in [2.75, 3.05) is 13.1 Å². The number of rotatable bonds is 6. The Hall–Kier alpha value is -1.35. The fraction of sp³-hybridized carbons (Fsp3) is 0.562. The molecule has 0 aliphatic heterocycles. The van der Waals surface area contributed by atoms with Crippen LogP contribution in [0.25, 0.3) is 0 Å². The highest BCUT2D eigenvalue weighted by Crippen LogP contribution is 2.17. The van der Waals surface area contributed by atoms with Crippen LogP contribution in [0, 0.1) is 19.3 Å². The Morgan fingerprint density at radius 1 is 1.26 bits per heavy atom. The second-order valence-corrected chi connectivity index (χ2v) is 6.08. The Labute approximate surface area is 116 Å². The molecule has 0 saturated carbocycles. The quantitative estimate of drug-likeness (QED) is 0.826. The summed E-state index contributed by atoms with van der Waals surface area (Å²) in [6.07, 6.45) is 1.36. The molecule has 1 aromatic rings. The van der Waals surface area contributed by atoms with E-state index in [4.69, 9.17) is 5.73 Å². The molecule has 0 bridgehead atoms. The van der Waals surface area contributed by atoms with E-state index >= 15 is 0 Å². The van der Waals surface area contributed by atoms with Gasteiger partial charge in [-0.15, -0.1) is 0 Å². The van der Waals surface area contributed by atoms with Gasteiger partial charge in [-0.3, -0.25) is 4.79 Å². The van der Waals surface area contributed by atoms with Crippen molar-refractivity contribution in [2.24, 2.45) is 11.1 Å². The van der Waals surface area contributed by atoms with Crippen molar-refractivity contribution in [1.82, 2.24) is 5.32 Å². The zero-order chi connectivity index (χ0) is 14.5. The smallest absolute Gasteiger partial charge is 0.224 e. The average molecular weight is 262 g/mol. The molecule has 106 valence electrons. The molecule has 19 heavy (non-hydrogen) atoms. The normalized spacial score (nSPS) is 11.4. The fourth-order valence-corrected chi connectivity index (χ4v) is 1.98. The number of nitrogens with one attached hydrogen (secondary N) is 1. The van der Waals surface area contributed by atoms with Crippen LogP contribution in [0.5, 0.6) is 0 Å². The molecule has 0 radical (unpaired) electrons. The van der Waals surface area contributed by atoms with Crippen molar-refractivity contribution < 1.29 is 4.79 Å². The van der Waals surface area contributed by atoms with Crippen LogP contribution in [0.4, 0.5) is 0 Å². The predicted octanol–water partition coefficient (Wildman–Crippen LogP) is 2.34. The van der Waals surface area contributed by atoms with Gasteiger partial charge in [-0.25, -0.2) is 0 Å². The van der Waals surface area contributed by atoms with Gasteiger partial charge in [0.05, 0.1) is 6.42 Å². The number of benzene rings is 1. The Morgan fingerprint density at radius 2 is 1.95 bits per heavy atom. The summed E-state index contributed by atoms with van der Waals surface area (Å²) in [6, 6.07) is 6.17. The zero-order valence-corrected chi connectivity index (χ0v) is 12.5. The van der Waals surface area contributed by atoms with Crippen LogP contribution >= 0.6 is 0 Å². The molecule has 0 atom stereocenters. The number of carbonyl (C=O) groups excluding carboxylic acids is 1. The van der Waals surface area contributed by atoms with Crippen molar-refractivity contribution in [1.29, 1.82) is 0 Å². The highest BCUT2D eigenvalue weighted by Gasteiger charge is 2.17. The molecule has 3 heteroatoms. The number of nitrogens with two attached hydrogens (primary N) is 1. The molecule has 1 rings (SSSR count). The third-order valence-corrected chi connectivity index (χ3v) is 3.52. The molecule has 0 saturated heterocycles. The molecule has 0 aliphatic rings. The first-order valence-electron chi connectivity index (χ1n) is 6.87. The summed E-state index contributed by atoms with van der Waals surface area (Å²) in [5.41, 5.74) is 9.18.